The van der Waals surface area contributed by atoms with Gasteiger partial charge in [-0.25, -0.2) is 9.67 Å². The first-order chi connectivity index (χ1) is 16.0. The lowest BCUT2D eigenvalue weighted by Crippen LogP contribution is -2.41. The van der Waals surface area contributed by atoms with E-state index in [1.54, 1.807) is 6.20 Å². The van der Waals surface area contributed by atoms with Gasteiger partial charge < -0.3 is 14.4 Å². The summed E-state index contributed by atoms with van der Waals surface area (Å²) >= 11 is 0. The molecule has 33 heavy (non-hydrogen) atoms. The van der Waals surface area contributed by atoms with Gasteiger partial charge in [-0.2, -0.15) is 5.10 Å². The third kappa shape index (κ3) is 3.63. The van der Waals surface area contributed by atoms with Crippen LogP contribution < -0.4 is 9.47 Å². The van der Waals surface area contributed by atoms with E-state index in [1.807, 2.05) is 28.9 Å². The third-order valence-corrected chi connectivity index (χ3v) is 7.04. The maximum absolute atomic E-state index is 14.0. The lowest BCUT2D eigenvalue weighted by molar-refractivity contribution is 0.0656. The lowest BCUT2D eigenvalue weighted by Gasteiger charge is -2.30. The summed E-state index contributed by atoms with van der Waals surface area (Å²) in [6, 6.07) is 8.56. The van der Waals surface area contributed by atoms with Crippen molar-refractivity contribution in [2.75, 3.05) is 13.2 Å². The third-order valence-electron chi connectivity index (χ3n) is 7.04. The molecule has 172 valence electrons. The Bertz CT molecular complexity index is 1230. The zero-order valence-electron chi connectivity index (χ0n) is 19.5. The maximum Gasteiger partial charge on any atom is 0.255 e. The van der Waals surface area contributed by atoms with Crippen LogP contribution in [0, 0.1) is 5.92 Å². The number of hydrogen-bond acceptors (Lipinski definition) is 5. The minimum absolute atomic E-state index is 0.103. The molecule has 1 aromatic carbocycles. The standard InChI is InChI=1S/C26H30N4O3/c1-15(2)30-25-21(14-27-30)20(26(31)29(19-7-8-19)16(3)17-4-5-17)13-22(28-25)18-6-9-23-24(12-18)33-11-10-32-23/h6,9,12-17,19H,4-5,7-8,10-11H2,1-3H3/t16-/m1/s1. The number of aromatic nitrogens is 3. The molecule has 3 aromatic rings. The lowest BCUT2D eigenvalue weighted by atomic mass is 10.0. The van der Waals surface area contributed by atoms with E-state index >= 15 is 0 Å². The van der Waals surface area contributed by atoms with Gasteiger partial charge in [0.25, 0.3) is 5.91 Å². The Morgan fingerprint density at radius 1 is 1.06 bits per heavy atom. The molecule has 2 aromatic heterocycles. The van der Waals surface area contributed by atoms with Gasteiger partial charge in [0.1, 0.15) is 13.2 Å². The van der Waals surface area contributed by atoms with Gasteiger partial charge in [0, 0.05) is 23.7 Å². The minimum atomic E-state index is 0.103. The van der Waals surface area contributed by atoms with Crippen LogP contribution in [0.15, 0.2) is 30.5 Å². The first kappa shape index (κ1) is 20.5. The zero-order valence-corrected chi connectivity index (χ0v) is 19.5. The highest BCUT2D eigenvalue weighted by atomic mass is 16.6. The van der Waals surface area contributed by atoms with Gasteiger partial charge in [0.2, 0.25) is 0 Å². The number of pyridine rings is 1. The molecule has 0 radical (unpaired) electrons. The number of fused-ring (bicyclic) bond motifs is 2. The summed E-state index contributed by atoms with van der Waals surface area (Å²) in [5.41, 5.74) is 3.09. The van der Waals surface area contributed by atoms with Gasteiger partial charge in [-0.3, -0.25) is 4.79 Å². The van der Waals surface area contributed by atoms with Crippen LogP contribution in [0.25, 0.3) is 22.3 Å². The second kappa shape index (κ2) is 7.75. The molecule has 6 rings (SSSR count). The molecule has 3 aliphatic rings. The molecule has 1 amide bonds. The van der Waals surface area contributed by atoms with Crippen molar-refractivity contribution in [3.8, 4) is 22.8 Å². The van der Waals surface area contributed by atoms with E-state index in [9.17, 15) is 4.79 Å². The molecule has 7 heteroatoms. The SMILES string of the molecule is CC(C)n1ncc2c(C(=O)N(C3CC3)[C@H](C)C3CC3)cc(-c3ccc4c(c3)OCCO4)nc21. The summed E-state index contributed by atoms with van der Waals surface area (Å²) in [5, 5.41) is 5.42. The van der Waals surface area contributed by atoms with E-state index in [-0.39, 0.29) is 18.0 Å². The molecule has 2 saturated carbocycles. The monoisotopic (exact) mass is 446 g/mol. The number of amides is 1. The predicted octanol–water partition coefficient (Wildman–Crippen LogP) is 4.85. The minimum Gasteiger partial charge on any atom is -0.486 e. The molecule has 3 heterocycles. The van der Waals surface area contributed by atoms with Gasteiger partial charge >= 0.3 is 0 Å². The van der Waals surface area contributed by atoms with E-state index in [0.717, 1.165) is 40.9 Å². The fraction of sp³-hybridized carbons (Fsp3) is 0.500. The molecular formula is C26H30N4O3. The normalized spacial score (nSPS) is 18.5. The molecule has 0 N–H and O–H groups in total. The van der Waals surface area contributed by atoms with Crippen molar-refractivity contribution >= 4 is 16.9 Å². The van der Waals surface area contributed by atoms with Crippen molar-refractivity contribution < 1.29 is 14.3 Å². The molecule has 0 spiro atoms. The Morgan fingerprint density at radius 2 is 1.82 bits per heavy atom. The van der Waals surface area contributed by atoms with Crippen molar-refractivity contribution in [2.24, 2.45) is 5.92 Å². The molecule has 2 fully saturated rings. The van der Waals surface area contributed by atoms with Crippen molar-refractivity contribution in [1.82, 2.24) is 19.7 Å². The first-order valence-electron chi connectivity index (χ1n) is 12.1. The van der Waals surface area contributed by atoms with Crippen LogP contribution >= 0.6 is 0 Å². The summed E-state index contributed by atoms with van der Waals surface area (Å²) in [6.07, 6.45) is 6.43. The van der Waals surface area contributed by atoms with E-state index in [1.165, 1.54) is 12.8 Å². The average Bonchev–Trinajstić information content (AvgIpc) is 3.75. The number of rotatable bonds is 6. The summed E-state index contributed by atoms with van der Waals surface area (Å²) < 4.78 is 13.4. The summed E-state index contributed by atoms with van der Waals surface area (Å²) in [6.45, 7) is 7.46. The Balaban J connectivity index is 1.49. The van der Waals surface area contributed by atoms with Crippen molar-refractivity contribution in [1.29, 1.82) is 0 Å². The van der Waals surface area contributed by atoms with Crippen molar-refractivity contribution in [3.63, 3.8) is 0 Å². The van der Waals surface area contributed by atoms with Gasteiger partial charge in [-0.1, -0.05) is 0 Å². The van der Waals surface area contributed by atoms with Crippen LogP contribution in [0.5, 0.6) is 11.5 Å². The fourth-order valence-electron chi connectivity index (χ4n) is 4.90. The molecule has 0 bridgehead atoms. The number of carbonyl (C=O) groups is 1. The fourth-order valence-corrected chi connectivity index (χ4v) is 4.90. The van der Waals surface area contributed by atoms with Crippen LogP contribution in [0.1, 0.15) is 62.9 Å². The Kier molecular flexibility index (Phi) is 4.82. The summed E-state index contributed by atoms with van der Waals surface area (Å²) in [7, 11) is 0. The highest BCUT2D eigenvalue weighted by Crippen LogP contribution is 2.41. The number of benzene rings is 1. The maximum atomic E-state index is 14.0. The van der Waals surface area contributed by atoms with E-state index in [0.29, 0.717) is 36.5 Å². The molecule has 0 saturated heterocycles. The van der Waals surface area contributed by atoms with Crippen LogP contribution in [0.3, 0.4) is 0 Å². The van der Waals surface area contributed by atoms with Gasteiger partial charge in [-0.05, 0) is 76.6 Å². The zero-order chi connectivity index (χ0) is 22.7. The van der Waals surface area contributed by atoms with Gasteiger partial charge in [0.15, 0.2) is 17.1 Å². The smallest absolute Gasteiger partial charge is 0.255 e. The molecule has 0 unspecified atom stereocenters. The highest BCUT2D eigenvalue weighted by molar-refractivity contribution is 6.07. The predicted molar refractivity (Wildman–Crippen MR) is 126 cm³/mol. The summed E-state index contributed by atoms with van der Waals surface area (Å²) in [5.74, 6) is 2.19. The molecule has 1 aliphatic heterocycles. The van der Waals surface area contributed by atoms with E-state index < -0.39 is 0 Å². The van der Waals surface area contributed by atoms with Crippen molar-refractivity contribution in [2.45, 2.75) is 64.6 Å². The second-order valence-electron chi connectivity index (χ2n) is 9.86. The Labute approximate surface area is 193 Å². The number of ether oxygens (including phenoxy) is 2. The summed E-state index contributed by atoms with van der Waals surface area (Å²) in [4.78, 5) is 21.1. The molecule has 7 nitrogen and oxygen atoms in total. The molecule has 1 atom stereocenters. The topological polar surface area (TPSA) is 69.5 Å². The van der Waals surface area contributed by atoms with Crippen LogP contribution in [0.4, 0.5) is 0 Å². The number of hydrogen-bond donors (Lipinski definition) is 0. The van der Waals surface area contributed by atoms with Crippen LogP contribution in [-0.4, -0.2) is 50.9 Å². The van der Waals surface area contributed by atoms with Crippen LogP contribution in [0.2, 0.25) is 0 Å². The number of nitrogens with zero attached hydrogens (tertiary/aromatic N) is 4. The average molecular weight is 447 g/mol. The second-order valence-corrected chi connectivity index (χ2v) is 9.86. The van der Waals surface area contributed by atoms with Crippen LogP contribution in [-0.2, 0) is 0 Å². The first-order valence-corrected chi connectivity index (χ1v) is 12.1. The largest absolute Gasteiger partial charge is 0.486 e. The van der Waals surface area contributed by atoms with Gasteiger partial charge in [-0.15, -0.1) is 0 Å². The van der Waals surface area contributed by atoms with E-state index in [2.05, 4.69) is 30.8 Å². The molecule has 2 aliphatic carbocycles. The van der Waals surface area contributed by atoms with Gasteiger partial charge in [0.05, 0.1) is 22.8 Å². The Hall–Kier alpha value is -3.09. The van der Waals surface area contributed by atoms with E-state index in [4.69, 9.17) is 14.5 Å². The Morgan fingerprint density at radius 3 is 2.52 bits per heavy atom. The molecular weight excluding hydrogens is 416 g/mol. The highest BCUT2D eigenvalue weighted by Gasteiger charge is 2.42. The number of carbonyl (C=O) groups excluding carboxylic acids is 1. The quantitative estimate of drug-likeness (QED) is 0.541. The van der Waals surface area contributed by atoms with Crippen molar-refractivity contribution in [3.05, 3.63) is 36.0 Å².